The SMILES string of the molecule is COc1cc(OC)c(Cl)c(NC(=O)c2csc3c(Nc4cc(OCCN(C)C)ncn4)ncnc23)c1Cl. The summed E-state index contributed by atoms with van der Waals surface area (Å²) in [5.74, 6) is 1.53. The van der Waals surface area contributed by atoms with E-state index in [0.717, 1.165) is 6.54 Å². The molecule has 0 fully saturated rings. The number of carbonyl (C=O) groups is 1. The largest absolute Gasteiger partial charge is 0.495 e. The number of nitrogens with zero attached hydrogens (tertiary/aromatic N) is 5. The lowest BCUT2D eigenvalue weighted by Crippen LogP contribution is -2.19. The molecule has 0 radical (unpaired) electrons. The third-order valence-electron chi connectivity index (χ3n) is 5.09. The van der Waals surface area contributed by atoms with E-state index in [9.17, 15) is 4.79 Å². The van der Waals surface area contributed by atoms with Crippen molar-refractivity contribution in [3.05, 3.63) is 45.8 Å². The van der Waals surface area contributed by atoms with Crippen molar-refractivity contribution in [1.29, 1.82) is 0 Å². The van der Waals surface area contributed by atoms with Crippen molar-refractivity contribution < 1.29 is 19.0 Å². The number of rotatable bonds is 10. The van der Waals surface area contributed by atoms with Crippen LogP contribution in [0.2, 0.25) is 10.0 Å². The lowest BCUT2D eigenvalue weighted by Gasteiger charge is -2.15. The van der Waals surface area contributed by atoms with E-state index >= 15 is 0 Å². The standard InChI is InChI=1S/C23H23Cl2N7O4S/c1-32(2)5-6-36-16-8-15(26-10-27-16)30-22-21-19(28-11-29-22)12(9-37-21)23(33)31-20-17(24)13(34-3)7-14(35-4)18(20)25/h7-11H,5-6H2,1-4H3,(H,31,33)(H,26,27,28,29,30). The van der Waals surface area contributed by atoms with E-state index in [4.69, 9.17) is 37.4 Å². The predicted octanol–water partition coefficient (Wildman–Crippen LogP) is 4.74. The average molecular weight is 564 g/mol. The highest BCUT2D eigenvalue weighted by Crippen LogP contribution is 2.44. The summed E-state index contributed by atoms with van der Waals surface area (Å²) in [6.07, 6.45) is 2.76. The number of hydrogen-bond donors (Lipinski definition) is 2. The zero-order valence-corrected chi connectivity index (χ0v) is 22.7. The molecule has 0 saturated carbocycles. The normalized spacial score (nSPS) is 11.0. The van der Waals surface area contributed by atoms with Crippen molar-refractivity contribution in [2.75, 3.05) is 52.1 Å². The predicted molar refractivity (Wildman–Crippen MR) is 144 cm³/mol. The van der Waals surface area contributed by atoms with Gasteiger partial charge in [-0.25, -0.2) is 19.9 Å². The Labute approximate surface area is 226 Å². The molecular formula is C23H23Cl2N7O4S. The van der Waals surface area contributed by atoms with Crippen LogP contribution in [0.3, 0.4) is 0 Å². The minimum absolute atomic E-state index is 0.144. The molecule has 0 aliphatic heterocycles. The van der Waals surface area contributed by atoms with Crippen molar-refractivity contribution in [1.82, 2.24) is 24.8 Å². The van der Waals surface area contributed by atoms with Gasteiger partial charge in [-0.2, -0.15) is 0 Å². The smallest absolute Gasteiger partial charge is 0.258 e. The van der Waals surface area contributed by atoms with Crippen LogP contribution in [0.1, 0.15) is 10.4 Å². The molecule has 4 rings (SSSR count). The van der Waals surface area contributed by atoms with Crippen LogP contribution >= 0.6 is 34.5 Å². The third-order valence-corrected chi connectivity index (χ3v) is 6.81. The van der Waals surface area contributed by atoms with Crippen LogP contribution in [0.4, 0.5) is 17.3 Å². The van der Waals surface area contributed by atoms with Crippen LogP contribution in [0.5, 0.6) is 17.4 Å². The zero-order valence-electron chi connectivity index (χ0n) is 20.3. The lowest BCUT2D eigenvalue weighted by molar-refractivity contribution is 0.102. The van der Waals surface area contributed by atoms with Gasteiger partial charge < -0.3 is 29.7 Å². The molecule has 3 heterocycles. The monoisotopic (exact) mass is 563 g/mol. The van der Waals surface area contributed by atoms with Gasteiger partial charge in [0.25, 0.3) is 5.91 Å². The molecule has 11 nitrogen and oxygen atoms in total. The number of carbonyl (C=O) groups excluding carboxylic acids is 1. The Morgan fingerprint density at radius 2 is 1.73 bits per heavy atom. The van der Waals surface area contributed by atoms with Gasteiger partial charge in [0.1, 0.15) is 46.6 Å². The first-order valence-electron chi connectivity index (χ1n) is 10.8. The molecule has 1 aromatic carbocycles. The summed E-state index contributed by atoms with van der Waals surface area (Å²) in [6.45, 7) is 1.23. The van der Waals surface area contributed by atoms with Crippen molar-refractivity contribution >= 4 is 68.0 Å². The number of aromatic nitrogens is 4. The highest BCUT2D eigenvalue weighted by molar-refractivity contribution is 7.18. The van der Waals surface area contributed by atoms with Gasteiger partial charge in [-0.15, -0.1) is 11.3 Å². The van der Waals surface area contributed by atoms with Crippen LogP contribution in [0, 0.1) is 0 Å². The number of halogens is 2. The number of thiophene rings is 1. The van der Waals surface area contributed by atoms with E-state index in [1.54, 1.807) is 11.4 Å². The molecule has 14 heteroatoms. The number of amides is 1. The quantitative estimate of drug-likeness (QED) is 0.279. The summed E-state index contributed by atoms with van der Waals surface area (Å²) in [4.78, 5) is 32.2. The van der Waals surface area contributed by atoms with Gasteiger partial charge in [-0.05, 0) is 14.1 Å². The van der Waals surface area contributed by atoms with Crippen LogP contribution in [-0.4, -0.2) is 72.2 Å². The summed E-state index contributed by atoms with van der Waals surface area (Å²) < 4.78 is 16.9. The summed E-state index contributed by atoms with van der Waals surface area (Å²) in [5.41, 5.74) is 0.924. The fourth-order valence-corrected chi connectivity index (χ4v) is 4.76. The van der Waals surface area contributed by atoms with E-state index in [-0.39, 0.29) is 15.7 Å². The van der Waals surface area contributed by atoms with Gasteiger partial charge in [-0.3, -0.25) is 4.79 Å². The van der Waals surface area contributed by atoms with Crippen LogP contribution < -0.4 is 24.8 Å². The Kier molecular flexibility index (Phi) is 8.44. The minimum atomic E-state index is -0.464. The molecule has 0 aliphatic rings. The van der Waals surface area contributed by atoms with E-state index < -0.39 is 5.91 Å². The molecule has 3 aromatic heterocycles. The number of benzene rings is 1. The molecule has 1 amide bonds. The maximum atomic E-state index is 13.2. The van der Waals surface area contributed by atoms with E-state index in [0.29, 0.717) is 51.4 Å². The molecule has 0 bridgehead atoms. The minimum Gasteiger partial charge on any atom is -0.495 e. The summed E-state index contributed by atoms with van der Waals surface area (Å²) in [7, 11) is 6.83. The Hall–Kier alpha value is -3.45. The fraction of sp³-hybridized carbons (Fsp3) is 0.261. The second kappa shape index (κ2) is 11.7. The number of hydrogen-bond acceptors (Lipinski definition) is 11. The second-order valence-corrected chi connectivity index (χ2v) is 9.44. The molecule has 0 spiro atoms. The maximum Gasteiger partial charge on any atom is 0.258 e. The van der Waals surface area contributed by atoms with Crippen molar-refractivity contribution in [3.8, 4) is 17.4 Å². The number of nitrogens with one attached hydrogen (secondary N) is 2. The lowest BCUT2D eigenvalue weighted by atomic mass is 10.2. The van der Waals surface area contributed by atoms with Crippen molar-refractivity contribution in [3.63, 3.8) is 0 Å². The average Bonchev–Trinajstić information content (AvgIpc) is 3.32. The van der Waals surface area contributed by atoms with Gasteiger partial charge in [0.15, 0.2) is 5.82 Å². The third kappa shape index (κ3) is 5.93. The van der Waals surface area contributed by atoms with Gasteiger partial charge in [-0.1, -0.05) is 23.2 Å². The summed E-state index contributed by atoms with van der Waals surface area (Å²) in [6, 6.07) is 3.21. The summed E-state index contributed by atoms with van der Waals surface area (Å²) >= 11 is 14.1. The first-order valence-corrected chi connectivity index (χ1v) is 12.5. The molecule has 37 heavy (non-hydrogen) atoms. The number of anilines is 3. The molecule has 0 unspecified atom stereocenters. The maximum absolute atomic E-state index is 13.2. The molecule has 194 valence electrons. The Balaban J connectivity index is 1.58. The molecule has 4 aromatic rings. The van der Waals surface area contributed by atoms with Crippen molar-refractivity contribution in [2.45, 2.75) is 0 Å². The van der Waals surface area contributed by atoms with E-state index in [1.165, 1.54) is 44.3 Å². The zero-order chi connectivity index (χ0) is 26.5. The number of ether oxygens (including phenoxy) is 3. The Morgan fingerprint density at radius 3 is 2.41 bits per heavy atom. The first-order chi connectivity index (χ1) is 17.8. The molecule has 0 aliphatic carbocycles. The van der Waals surface area contributed by atoms with Gasteiger partial charge in [0.05, 0.1) is 35.7 Å². The van der Waals surface area contributed by atoms with Gasteiger partial charge >= 0.3 is 0 Å². The molecule has 0 saturated heterocycles. The summed E-state index contributed by atoms with van der Waals surface area (Å²) in [5, 5.41) is 7.86. The topological polar surface area (TPSA) is 124 Å². The highest BCUT2D eigenvalue weighted by atomic mass is 35.5. The number of methoxy groups -OCH3 is 2. The van der Waals surface area contributed by atoms with Gasteiger partial charge in [0.2, 0.25) is 5.88 Å². The second-order valence-electron chi connectivity index (χ2n) is 7.81. The van der Waals surface area contributed by atoms with E-state index in [1.807, 2.05) is 19.0 Å². The number of fused-ring (bicyclic) bond motifs is 1. The van der Waals surface area contributed by atoms with Crippen LogP contribution in [0.25, 0.3) is 10.2 Å². The fourth-order valence-electron chi connectivity index (χ4n) is 3.22. The van der Waals surface area contributed by atoms with Gasteiger partial charge in [0, 0.05) is 24.1 Å². The Bertz CT molecular complexity index is 1410. The molecule has 2 N–H and O–H groups in total. The molecule has 0 atom stereocenters. The molecular weight excluding hydrogens is 541 g/mol. The van der Waals surface area contributed by atoms with Crippen molar-refractivity contribution in [2.24, 2.45) is 0 Å². The highest BCUT2D eigenvalue weighted by Gasteiger charge is 2.22. The number of likely N-dealkylation sites (N-methyl/N-ethyl adjacent to an activating group) is 1. The van der Waals surface area contributed by atoms with E-state index in [2.05, 4.69) is 30.6 Å². The Morgan fingerprint density at radius 1 is 1.03 bits per heavy atom. The first kappa shape index (κ1) is 26.6. The van der Waals surface area contributed by atoms with Crippen LogP contribution in [0.15, 0.2) is 30.2 Å². The van der Waals surface area contributed by atoms with Crippen LogP contribution in [-0.2, 0) is 0 Å².